The maximum atomic E-state index is 12.1. The Labute approximate surface area is 154 Å². The van der Waals surface area contributed by atoms with Gasteiger partial charge >= 0.3 is 0 Å². The fourth-order valence-electron chi connectivity index (χ4n) is 3.10. The summed E-state index contributed by atoms with van der Waals surface area (Å²) >= 11 is 0. The molecule has 2 heterocycles. The number of amides is 1. The van der Waals surface area contributed by atoms with Gasteiger partial charge in [-0.05, 0) is 37.1 Å². The van der Waals surface area contributed by atoms with E-state index in [1.165, 1.54) is 7.11 Å². The number of oxazole rings is 1. The molecule has 0 aliphatic carbocycles. The lowest BCUT2D eigenvalue weighted by Gasteiger charge is -2.18. The summed E-state index contributed by atoms with van der Waals surface area (Å²) in [4.78, 5) is 18.3. The summed E-state index contributed by atoms with van der Waals surface area (Å²) in [5, 5.41) is 3.44. The van der Waals surface area contributed by atoms with Crippen molar-refractivity contribution in [3.8, 4) is 0 Å². The molecule has 1 N–H and O–H groups in total. The summed E-state index contributed by atoms with van der Waals surface area (Å²) in [7, 11) is 1.54. The molecular weight excluding hydrogens is 330 g/mol. The smallest absolute Gasteiger partial charge is 0.252 e. The van der Waals surface area contributed by atoms with Crippen LogP contribution in [0.3, 0.4) is 0 Å². The summed E-state index contributed by atoms with van der Waals surface area (Å²) < 4.78 is 10.9. The summed E-state index contributed by atoms with van der Waals surface area (Å²) in [5.41, 5.74) is 3.06. The van der Waals surface area contributed by atoms with E-state index >= 15 is 0 Å². The van der Waals surface area contributed by atoms with Gasteiger partial charge in [-0.2, -0.15) is 0 Å². The maximum absolute atomic E-state index is 12.1. The van der Waals surface area contributed by atoms with Gasteiger partial charge in [-0.15, -0.1) is 0 Å². The minimum Gasteiger partial charge on any atom is -0.443 e. The van der Waals surface area contributed by atoms with Gasteiger partial charge < -0.3 is 19.4 Å². The molecule has 0 fully saturated rings. The van der Waals surface area contributed by atoms with E-state index in [1.807, 2.05) is 19.1 Å². The Morgan fingerprint density at radius 3 is 2.85 bits per heavy atom. The molecule has 6 heteroatoms. The lowest BCUT2D eigenvalue weighted by molar-refractivity contribution is -0.122. The topological polar surface area (TPSA) is 67.6 Å². The fraction of sp³-hybridized carbons (Fsp3) is 0.500. The first-order valence-electron chi connectivity index (χ1n) is 8.94. The van der Waals surface area contributed by atoms with E-state index in [-0.39, 0.29) is 24.0 Å². The lowest BCUT2D eigenvalue weighted by atomic mass is 9.94. The normalized spacial score (nSPS) is 15.0. The number of anilines is 2. The molecule has 0 saturated carbocycles. The average Bonchev–Trinajstić information content (AvgIpc) is 3.21. The van der Waals surface area contributed by atoms with Gasteiger partial charge in [-0.1, -0.05) is 20.8 Å². The van der Waals surface area contributed by atoms with Crippen LogP contribution >= 0.6 is 0 Å². The van der Waals surface area contributed by atoms with Gasteiger partial charge in [0.05, 0.1) is 6.20 Å². The van der Waals surface area contributed by atoms with E-state index in [1.54, 1.807) is 11.1 Å². The Morgan fingerprint density at radius 2 is 2.19 bits per heavy atom. The lowest BCUT2D eigenvalue weighted by Crippen LogP contribution is -2.31. The van der Waals surface area contributed by atoms with E-state index < -0.39 is 0 Å². The number of methoxy groups -OCH3 is 1. The molecule has 1 amide bonds. The summed E-state index contributed by atoms with van der Waals surface area (Å²) in [6.07, 6.45) is 2.65. The number of hydrogen-bond acceptors (Lipinski definition) is 5. The van der Waals surface area contributed by atoms with Crippen molar-refractivity contribution in [1.29, 1.82) is 0 Å². The Morgan fingerprint density at radius 1 is 1.42 bits per heavy atom. The molecule has 0 spiro atoms. The van der Waals surface area contributed by atoms with Gasteiger partial charge in [0, 0.05) is 30.4 Å². The zero-order chi connectivity index (χ0) is 18.9. The number of carbonyl (C=O) groups excluding carboxylic acids is 1. The Bertz CT molecular complexity index is 792. The first kappa shape index (κ1) is 18.5. The van der Waals surface area contributed by atoms with Crippen molar-refractivity contribution in [3.63, 3.8) is 0 Å². The number of nitrogens with one attached hydrogen (secondary N) is 1. The second-order valence-electron chi connectivity index (χ2n) is 7.75. The number of aromatic nitrogens is 1. The Balaban J connectivity index is 1.72. The van der Waals surface area contributed by atoms with Crippen LogP contribution in [0.1, 0.15) is 51.0 Å². The van der Waals surface area contributed by atoms with E-state index in [0.717, 1.165) is 29.1 Å². The van der Waals surface area contributed by atoms with E-state index in [9.17, 15) is 4.79 Å². The van der Waals surface area contributed by atoms with Crippen molar-refractivity contribution in [2.24, 2.45) is 0 Å². The van der Waals surface area contributed by atoms with Gasteiger partial charge in [0.15, 0.2) is 0 Å². The molecular formula is C20H27N3O3. The number of carbonyl (C=O) groups is 1. The zero-order valence-electron chi connectivity index (χ0n) is 16.1. The van der Waals surface area contributed by atoms with Gasteiger partial charge in [0.25, 0.3) is 5.91 Å². The molecule has 1 unspecified atom stereocenters. The van der Waals surface area contributed by atoms with E-state index in [2.05, 4.69) is 37.1 Å². The zero-order valence-corrected chi connectivity index (χ0v) is 16.1. The highest BCUT2D eigenvalue weighted by Gasteiger charge is 2.25. The summed E-state index contributed by atoms with van der Waals surface area (Å²) in [6.45, 7) is 9.15. The van der Waals surface area contributed by atoms with Crippen molar-refractivity contribution in [3.05, 3.63) is 41.6 Å². The average molecular weight is 357 g/mol. The minimum absolute atomic E-state index is 0.00479. The summed E-state index contributed by atoms with van der Waals surface area (Å²) in [6, 6.07) is 6.03. The van der Waals surface area contributed by atoms with Crippen LogP contribution < -0.4 is 10.2 Å². The molecule has 0 radical (unpaired) electrons. The largest absolute Gasteiger partial charge is 0.443 e. The molecule has 0 saturated heterocycles. The molecule has 3 rings (SSSR count). The molecule has 1 aromatic carbocycles. The molecule has 2 aromatic rings. The number of ether oxygens (including phenoxy) is 1. The number of fused-ring (bicyclic) bond motifs is 1. The molecule has 1 aliphatic rings. The van der Waals surface area contributed by atoms with Crippen molar-refractivity contribution < 1.29 is 13.9 Å². The highest BCUT2D eigenvalue weighted by Crippen LogP contribution is 2.32. The van der Waals surface area contributed by atoms with Crippen molar-refractivity contribution in [2.45, 2.75) is 45.6 Å². The molecule has 1 aromatic heterocycles. The number of rotatable bonds is 5. The van der Waals surface area contributed by atoms with Crippen LogP contribution in [0.4, 0.5) is 11.4 Å². The SMILES string of the molecule is COCC(=O)N1CCc2cc(NC(C)c3ncc(C(C)(C)C)o3)ccc21. The van der Waals surface area contributed by atoms with Gasteiger partial charge in [-0.25, -0.2) is 4.98 Å². The third-order valence-corrected chi connectivity index (χ3v) is 4.56. The number of hydrogen-bond donors (Lipinski definition) is 1. The molecule has 140 valence electrons. The molecule has 1 atom stereocenters. The maximum Gasteiger partial charge on any atom is 0.252 e. The first-order valence-corrected chi connectivity index (χ1v) is 8.94. The second kappa shape index (κ2) is 7.11. The monoisotopic (exact) mass is 357 g/mol. The standard InChI is InChI=1S/C20H27N3O3/c1-13(19-21-11-17(26-19)20(2,3)4)22-15-6-7-16-14(10-15)8-9-23(16)18(24)12-25-5/h6-7,10-11,13,22H,8-9,12H2,1-5H3. The van der Waals surface area contributed by atoms with Crippen molar-refractivity contribution >= 4 is 17.3 Å². The van der Waals surface area contributed by atoms with Gasteiger partial charge in [-0.3, -0.25) is 4.79 Å². The van der Waals surface area contributed by atoms with E-state index in [0.29, 0.717) is 12.4 Å². The molecule has 0 bridgehead atoms. The third-order valence-electron chi connectivity index (χ3n) is 4.56. The van der Waals surface area contributed by atoms with Crippen LogP contribution in [0, 0.1) is 0 Å². The Kier molecular flexibility index (Phi) is 5.05. The van der Waals surface area contributed by atoms with Gasteiger partial charge in [0.2, 0.25) is 5.89 Å². The third kappa shape index (κ3) is 3.75. The molecule has 1 aliphatic heterocycles. The second-order valence-corrected chi connectivity index (χ2v) is 7.75. The predicted octanol–water partition coefficient (Wildman–Crippen LogP) is 3.68. The van der Waals surface area contributed by atoms with Crippen molar-refractivity contribution in [1.82, 2.24) is 4.98 Å². The van der Waals surface area contributed by atoms with Crippen LogP contribution in [0.2, 0.25) is 0 Å². The van der Waals surface area contributed by atoms with Crippen molar-refractivity contribution in [2.75, 3.05) is 30.5 Å². The highest BCUT2D eigenvalue weighted by molar-refractivity contribution is 5.96. The van der Waals surface area contributed by atoms with Crippen LogP contribution in [0.5, 0.6) is 0 Å². The summed E-state index contributed by atoms with van der Waals surface area (Å²) in [5.74, 6) is 1.55. The predicted molar refractivity (Wildman–Crippen MR) is 102 cm³/mol. The van der Waals surface area contributed by atoms with Crippen LogP contribution in [-0.2, 0) is 21.4 Å². The number of nitrogens with zero attached hydrogens (tertiary/aromatic N) is 2. The number of benzene rings is 1. The quantitative estimate of drug-likeness (QED) is 0.884. The Hall–Kier alpha value is -2.34. The van der Waals surface area contributed by atoms with Crippen LogP contribution in [0.15, 0.2) is 28.8 Å². The van der Waals surface area contributed by atoms with Gasteiger partial charge in [0.1, 0.15) is 18.4 Å². The highest BCUT2D eigenvalue weighted by atomic mass is 16.5. The van der Waals surface area contributed by atoms with Crippen LogP contribution in [-0.4, -0.2) is 31.2 Å². The molecule has 6 nitrogen and oxygen atoms in total. The first-order chi connectivity index (χ1) is 12.3. The fourth-order valence-corrected chi connectivity index (χ4v) is 3.10. The van der Waals surface area contributed by atoms with E-state index in [4.69, 9.17) is 9.15 Å². The molecule has 26 heavy (non-hydrogen) atoms. The minimum atomic E-state index is -0.0588. The van der Waals surface area contributed by atoms with Crippen LogP contribution in [0.25, 0.3) is 0 Å².